The quantitative estimate of drug-likeness (QED) is 0.238. The maximum Gasteiger partial charge on any atom is 0.312 e. The number of rotatable bonds is 13. The van der Waals surface area contributed by atoms with Gasteiger partial charge in [0.2, 0.25) is 17.7 Å². The number of ether oxygens (including phenoxy) is 1. The molecule has 2 aliphatic rings. The van der Waals surface area contributed by atoms with Gasteiger partial charge >= 0.3 is 6.03 Å². The van der Waals surface area contributed by atoms with Crippen LogP contribution in [0.1, 0.15) is 43.2 Å². The monoisotopic (exact) mass is 592 g/mol. The summed E-state index contributed by atoms with van der Waals surface area (Å²) in [6.45, 7) is 0.734. The fraction of sp³-hybridized carbons (Fsp3) is 0.500. The third kappa shape index (κ3) is 8.47. The summed E-state index contributed by atoms with van der Waals surface area (Å²) in [5, 5.41) is 11.7. The summed E-state index contributed by atoms with van der Waals surface area (Å²) in [5.41, 5.74) is 7.34. The molecule has 2 heterocycles. The number of fused-ring (bicyclic) bond motifs is 1. The minimum atomic E-state index is -0.827. The lowest BCUT2D eigenvalue weighted by atomic mass is 9.90. The Bertz CT molecular complexity index is 1240. The van der Waals surface area contributed by atoms with Gasteiger partial charge in [0.1, 0.15) is 17.8 Å². The Morgan fingerprint density at radius 2 is 1.67 bits per heavy atom. The number of hydrogen-bond donors (Lipinski definition) is 5. The Morgan fingerprint density at radius 1 is 0.953 bits per heavy atom. The van der Waals surface area contributed by atoms with Gasteiger partial charge in [-0.2, -0.15) is 0 Å². The molecule has 0 aliphatic carbocycles. The summed E-state index contributed by atoms with van der Waals surface area (Å²) in [4.78, 5) is 54.1. The van der Waals surface area contributed by atoms with Crippen LogP contribution in [0.3, 0.4) is 0 Å². The van der Waals surface area contributed by atoms with Crippen LogP contribution in [-0.4, -0.2) is 80.1 Å². The van der Waals surface area contributed by atoms with Crippen LogP contribution >= 0.6 is 0 Å². The van der Waals surface area contributed by atoms with Crippen LogP contribution in [0.2, 0.25) is 0 Å². The molecule has 0 aromatic heterocycles. The average Bonchev–Trinajstić information content (AvgIpc) is 3.40. The zero-order valence-electron chi connectivity index (χ0n) is 25.0. The lowest BCUT2D eigenvalue weighted by molar-refractivity contribution is -0.143. The molecule has 2 aliphatic heterocycles. The standard InChI is InChI=1S/C32H44N6O5/c1-34-26(20-22-6-4-3-5-7-22)29(39)37-28-23(17-19-36-32(33)42)10-11-24-12-15-27(38(24)31(28)41)30(40)35-18-16-21-8-13-25(43-2)14-9-21/h3-9,13-14,23-24,26-28,34H,10-12,15-20H2,1-2H3,(H,35,40)(H,37,39)(H3,33,36,42)/t23?,24?,26?,27-,28?/m0/s1. The van der Waals surface area contributed by atoms with Gasteiger partial charge in [0.25, 0.3) is 0 Å². The zero-order valence-corrected chi connectivity index (χ0v) is 25.0. The van der Waals surface area contributed by atoms with Crippen molar-refractivity contribution < 1.29 is 23.9 Å². The number of methoxy groups -OCH3 is 1. The van der Waals surface area contributed by atoms with Crippen molar-refractivity contribution in [1.82, 2.24) is 26.2 Å². The van der Waals surface area contributed by atoms with Crippen molar-refractivity contribution in [3.63, 3.8) is 0 Å². The number of nitrogens with zero attached hydrogens (tertiary/aromatic N) is 1. The smallest absolute Gasteiger partial charge is 0.312 e. The van der Waals surface area contributed by atoms with Crippen LogP contribution < -0.4 is 31.7 Å². The lowest BCUT2D eigenvalue weighted by Gasteiger charge is -2.33. The molecule has 232 valence electrons. The fourth-order valence-corrected chi connectivity index (χ4v) is 6.23. The van der Waals surface area contributed by atoms with Crippen molar-refractivity contribution in [3.8, 4) is 5.75 Å². The van der Waals surface area contributed by atoms with E-state index in [4.69, 9.17) is 10.5 Å². The van der Waals surface area contributed by atoms with Gasteiger partial charge in [0.15, 0.2) is 0 Å². The Kier molecular flexibility index (Phi) is 11.4. The van der Waals surface area contributed by atoms with Gasteiger partial charge in [-0.3, -0.25) is 14.4 Å². The molecular weight excluding hydrogens is 548 g/mol. The number of benzene rings is 2. The largest absolute Gasteiger partial charge is 0.497 e. The molecule has 0 radical (unpaired) electrons. The Hall–Kier alpha value is -4.12. The summed E-state index contributed by atoms with van der Waals surface area (Å²) in [5.74, 6) is -0.156. The first-order chi connectivity index (χ1) is 20.8. The minimum absolute atomic E-state index is 0.0808. The Balaban J connectivity index is 1.46. The molecule has 11 nitrogen and oxygen atoms in total. The third-order valence-corrected chi connectivity index (χ3v) is 8.60. The van der Waals surface area contributed by atoms with Crippen molar-refractivity contribution >= 4 is 23.8 Å². The molecule has 4 rings (SSSR count). The third-order valence-electron chi connectivity index (χ3n) is 8.60. The molecule has 4 unspecified atom stereocenters. The van der Waals surface area contributed by atoms with E-state index >= 15 is 0 Å². The number of carbonyl (C=O) groups is 4. The highest BCUT2D eigenvalue weighted by Gasteiger charge is 2.47. The van der Waals surface area contributed by atoms with Gasteiger partial charge in [-0.15, -0.1) is 0 Å². The van der Waals surface area contributed by atoms with Crippen LogP contribution in [0.25, 0.3) is 0 Å². The highest BCUT2D eigenvalue weighted by atomic mass is 16.5. The number of carbonyl (C=O) groups excluding carboxylic acids is 4. The highest BCUT2D eigenvalue weighted by molar-refractivity contribution is 5.94. The molecule has 5 atom stereocenters. The van der Waals surface area contributed by atoms with Crippen LogP contribution in [0.5, 0.6) is 5.75 Å². The predicted octanol–water partition coefficient (Wildman–Crippen LogP) is 1.50. The number of urea groups is 1. The van der Waals surface area contributed by atoms with Gasteiger partial charge in [0.05, 0.1) is 13.2 Å². The van der Waals surface area contributed by atoms with Gasteiger partial charge in [0, 0.05) is 19.1 Å². The average molecular weight is 593 g/mol. The maximum atomic E-state index is 14.2. The summed E-state index contributed by atoms with van der Waals surface area (Å²) in [6.07, 6.45) is 4.28. The molecule has 43 heavy (non-hydrogen) atoms. The van der Waals surface area contributed by atoms with Crippen LogP contribution in [0.4, 0.5) is 4.79 Å². The number of primary amides is 1. The van der Waals surface area contributed by atoms with E-state index in [0.29, 0.717) is 51.6 Å². The second-order valence-corrected chi connectivity index (χ2v) is 11.3. The Labute approximate surface area is 253 Å². The molecule has 0 bridgehead atoms. The summed E-state index contributed by atoms with van der Waals surface area (Å²) < 4.78 is 5.21. The Morgan fingerprint density at radius 3 is 2.35 bits per heavy atom. The minimum Gasteiger partial charge on any atom is -0.497 e. The van der Waals surface area contributed by atoms with E-state index in [-0.39, 0.29) is 29.7 Å². The number of hydrogen-bond acceptors (Lipinski definition) is 6. The number of amides is 5. The van der Waals surface area contributed by atoms with Crippen molar-refractivity contribution in [2.24, 2.45) is 11.7 Å². The second kappa shape index (κ2) is 15.4. The molecule has 2 fully saturated rings. The summed E-state index contributed by atoms with van der Waals surface area (Å²) in [6, 6.07) is 14.7. The second-order valence-electron chi connectivity index (χ2n) is 11.3. The fourth-order valence-electron chi connectivity index (χ4n) is 6.23. The molecule has 6 N–H and O–H groups in total. The molecule has 2 saturated heterocycles. The van der Waals surface area contributed by atoms with E-state index < -0.39 is 24.2 Å². The zero-order chi connectivity index (χ0) is 30.8. The highest BCUT2D eigenvalue weighted by Crippen LogP contribution is 2.35. The van der Waals surface area contributed by atoms with E-state index in [9.17, 15) is 19.2 Å². The first kappa shape index (κ1) is 31.8. The van der Waals surface area contributed by atoms with Gasteiger partial charge in [-0.1, -0.05) is 42.5 Å². The summed E-state index contributed by atoms with van der Waals surface area (Å²) in [7, 11) is 3.34. The first-order valence-electron chi connectivity index (χ1n) is 15.1. The van der Waals surface area contributed by atoms with E-state index in [1.807, 2.05) is 54.6 Å². The van der Waals surface area contributed by atoms with Crippen molar-refractivity contribution in [2.75, 3.05) is 27.2 Å². The van der Waals surface area contributed by atoms with Crippen molar-refractivity contribution in [1.29, 1.82) is 0 Å². The predicted molar refractivity (Wildman–Crippen MR) is 163 cm³/mol. The van der Waals surface area contributed by atoms with E-state index in [1.165, 1.54) is 0 Å². The molecule has 2 aromatic carbocycles. The van der Waals surface area contributed by atoms with Gasteiger partial charge < -0.3 is 36.6 Å². The maximum absolute atomic E-state index is 14.2. The number of nitrogens with two attached hydrogens (primary N) is 1. The van der Waals surface area contributed by atoms with Crippen molar-refractivity contribution in [3.05, 3.63) is 65.7 Å². The van der Waals surface area contributed by atoms with E-state index in [1.54, 1.807) is 19.1 Å². The first-order valence-corrected chi connectivity index (χ1v) is 15.1. The van der Waals surface area contributed by atoms with Crippen LogP contribution in [0.15, 0.2) is 54.6 Å². The normalized spacial score (nSPS) is 22.2. The van der Waals surface area contributed by atoms with Crippen LogP contribution in [-0.2, 0) is 27.2 Å². The van der Waals surface area contributed by atoms with E-state index in [0.717, 1.165) is 23.3 Å². The lowest BCUT2D eigenvalue weighted by Crippen LogP contribution is -2.58. The van der Waals surface area contributed by atoms with Gasteiger partial charge in [-0.05, 0) is 81.2 Å². The van der Waals surface area contributed by atoms with Gasteiger partial charge in [-0.25, -0.2) is 4.79 Å². The molecule has 0 saturated carbocycles. The summed E-state index contributed by atoms with van der Waals surface area (Å²) >= 11 is 0. The van der Waals surface area contributed by atoms with E-state index in [2.05, 4.69) is 21.3 Å². The number of likely N-dealkylation sites (N-methyl/N-ethyl adjacent to an activating group) is 1. The molecule has 0 spiro atoms. The topological polar surface area (TPSA) is 155 Å². The molecule has 2 aromatic rings. The van der Waals surface area contributed by atoms with Crippen molar-refractivity contribution in [2.45, 2.75) is 69.1 Å². The molecule has 11 heteroatoms. The van der Waals surface area contributed by atoms with Crippen LogP contribution in [0, 0.1) is 5.92 Å². The SMILES string of the molecule is CNC(Cc1ccccc1)C(=O)NC1C(=O)N2C(CCC1CCNC(N)=O)CC[C@H]2C(=O)NCCc1ccc(OC)cc1. The molecular formula is C32H44N6O5. The molecule has 5 amide bonds. The number of nitrogens with one attached hydrogen (secondary N) is 4.